The van der Waals surface area contributed by atoms with Crippen LogP contribution >= 0.6 is 11.8 Å². The molecule has 2 atom stereocenters. The molecule has 1 aliphatic heterocycles. The number of rotatable bonds is 4. The molecule has 1 aromatic rings. The van der Waals surface area contributed by atoms with E-state index in [2.05, 4.69) is 44.3 Å². The van der Waals surface area contributed by atoms with E-state index in [1.165, 1.54) is 16.7 Å². The summed E-state index contributed by atoms with van der Waals surface area (Å²) in [6.07, 6.45) is 0.296. The second kappa shape index (κ2) is 6.60. The third kappa shape index (κ3) is 3.50. The highest BCUT2D eigenvalue weighted by atomic mass is 32.2. The van der Waals surface area contributed by atoms with Gasteiger partial charge in [-0.05, 0) is 26.0 Å². The van der Waals surface area contributed by atoms with Gasteiger partial charge in [0, 0.05) is 11.5 Å². The topological polar surface area (TPSA) is 21.3 Å². The molecule has 2 unspecified atom stereocenters. The minimum Gasteiger partial charge on any atom is -0.375 e. The number of thioether (sulfide) groups is 1. The second-order valence-corrected chi connectivity index (χ2v) is 6.09. The highest BCUT2D eigenvalue weighted by Gasteiger charge is 2.25. The van der Waals surface area contributed by atoms with Crippen LogP contribution in [-0.2, 0) is 4.74 Å². The molecule has 18 heavy (non-hydrogen) atoms. The summed E-state index contributed by atoms with van der Waals surface area (Å²) >= 11 is 2.00. The number of ether oxygens (including phenoxy) is 1. The molecule has 0 aromatic heterocycles. The summed E-state index contributed by atoms with van der Waals surface area (Å²) in [7, 11) is 0. The Morgan fingerprint density at radius 2 is 2.06 bits per heavy atom. The predicted molar refractivity (Wildman–Crippen MR) is 79.4 cm³/mol. The van der Waals surface area contributed by atoms with Crippen LogP contribution in [0.15, 0.2) is 18.2 Å². The van der Waals surface area contributed by atoms with Crippen molar-refractivity contribution in [2.24, 2.45) is 0 Å². The van der Waals surface area contributed by atoms with E-state index < -0.39 is 0 Å². The van der Waals surface area contributed by atoms with Crippen LogP contribution in [0, 0.1) is 13.8 Å². The molecule has 1 N–H and O–H groups in total. The number of benzene rings is 1. The van der Waals surface area contributed by atoms with E-state index in [0.29, 0.717) is 12.1 Å². The third-order valence-corrected chi connectivity index (χ3v) is 4.26. The Balaban J connectivity index is 2.22. The van der Waals surface area contributed by atoms with Crippen molar-refractivity contribution in [2.45, 2.75) is 32.9 Å². The Morgan fingerprint density at radius 3 is 2.61 bits per heavy atom. The van der Waals surface area contributed by atoms with Crippen LogP contribution in [0.2, 0.25) is 0 Å². The Labute approximate surface area is 114 Å². The lowest BCUT2D eigenvalue weighted by Crippen LogP contribution is -2.38. The SMILES string of the molecule is CCNC(c1cc(C)cc(C)c1)C1CSCCO1. The summed E-state index contributed by atoms with van der Waals surface area (Å²) in [4.78, 5) is 0. The second-order valence-electron chi connectivity index (χ2n) is 4.94. The minimum absolute atomic E-state index is 0.296. The fraction of sp³-hybridized carbons (Fsp3) is 0.600. The Morgan fingerprint density at radius 1 is 1.33 bits per heavy atom. The Bertz CT molecular complexity index is 368. The van der Waals surface area contributed by atoms with Gasteiger partial charge >= 0.3 is 0 Å². The van der Waals surface area contributed by atoms with E-state index in [-0.39, 0.29) is 0 Å². The summed E-state index contributed by atoms with van der Waals surface area (Å²) in [6, 6.07) is 7.11. The fourth-order valence-electron chi connectivity index (χ4n) is 2.57. The maximum atomic E-state index is 5.94. The fourth-order valence-corrected chi connectivity index (χ4v) is 3.47. The number of hydrogen-bond acceptors (Lipinski definition) is 3. The first-order valence-electron chi connectivity index (χ1n) is 6.71. The lowest BCUT2D eigenvalue weighted by atomic mass is 9.98. The summed E-state index contributed by atoms with van der Waals surface area (Å²) < 4.78 is 5.94. The molecule has 2 rings (SSSR count). The molecule has 1 aliphatic rings. The van der Waals surface area contributed by atoms with E-state index in [0.717, 1.165) is 24.7 Å². The molecule has 0 aliphatic carbocycles. The van der Waals surface area contributed by atoms with Crippen molar-refractivity contribution in [1.29, 1.82) is 0 Å². The third-order valence-electron chi connectivity index (χ3n) is 3.24. The molecule has 100 valence electrons. The Kier molecular flexibility index (Phi) is 5.10. The monoisotopic (exact) mass is 265 g/mol. The molecule has 0 bridgehead atoms. The van der Waals surface area contributed by atoms with E-state index in [1.54, 1.807) is 0 Å². The van der Waals surface area contributed by atoms with Gasteiger partial charge in [-0.2, -0.15) is 11.8 Å². The van der Waals surface area contributed by atoms with Crippen molar-refractivity contribution in [2.75, 3.05) is 24.7 Å². The van der Waals surface area contributed by atoms with Gasteiger partial charge in [0.05, 0.1) is 18.8 Å². The van der Waals surface area contributed by atoms with Gasteiger partial charge in [0.25, 0.3) is 0 Å². The Hall–Kier alpha value is -0.510. The zero-order valence-corrected chi connectivity index (χ0v) is 12.3. The van der Waals surface area contributed by atoms with Gasteiger partial charge in [0.1, 0.15) is 0 Å². The first-order chi connectivity index (χ1) is 8.70. The number of aryl methyl sites for hydroxylation is 2. The zero-order chi connectivity index (χ0) is 13.0. The van der Waals surface area contributed by atoms with E-state index in [4.69, 9.17) is 4.74 Å². The van der Waals surface area contributed by atoms with Crippen LogP contribution in [0.3, 0.4) is 0 Å². The first-order valence-corrected chi connectivity index (χ1v) is 7.87. The van der Waals surface area contributed by atoms with Gasteiger partial charge < -0.3 is 10.1 Å². The zero-order valence-electron chi connectivity index (χ0n) is 11.5. The van der Waals surface area contributed by atoms with Gasteiger partial charge in [0.15, 0.2) is 0 Å². The van der Waals surface area contributed by atoms with Crippen molar-refractivity contribution in [3.05, 3.63) is 34.9 Å². The predicted octanol–water partition coefficient (Wildman–Crippen LogP) is 3.09. The average Bonchev–Trinajstić information content (AvgIpc) is 2.36. The van der Waals surface area contributed by atoms with Crippen LogP contribution < -0.4 is 5.32 Å². The quantitative estimate of drug-likeness (QED) is 0.904. The molecule has 3 heteroatoms. The first kappa shape index (κ1) is 13.9. The largest absolute Gasteiger partial charge is 0.375 e. The summed E-state index contributed by atoms with van der Waals surface area (Å²) in [5.41, 5.74) is 4.02. The molecule has 1 saturated heterocycles. The maximum Gasteiger partial charge on any atom is 0.0860 e. The van der Waals surface area contributed by atoms with Gasteiger partial charge in [-0.1, -0.05) is 36.2 Å². The average molecular weight is 265 g/mol. The van der Waals surface area contributed by atoms with E-state index in [1.807, 2.05) is 11.8 Å². The molecule has 0 saturated carbocycles. The molecular weight excluding hydrogens is 242 g/mol. The normalized spacial score (nSPS) is 21.8. The smallest absolute Gasteiger partial charge is 0.0860 e. The van der Waals surface area contributed by atoms with Gasteiger partial charge in [-0.3, -0.25) is 0 Å². The molecular formula is C15H23NOS. The summed E-state index contributed by atoms with van der Waals surface area (Å²) in [6.45, 7) is 8.34. The van der Waals surface area contributed by atoms with Crippen LogP contribution in [0.5, 0.6) is 0 Å². The standard InChI is InChI=1S/C15H23NOS/c1-4-16-15(14-10-18-6-5-17-14)13-8-11(2)7-12(3)9-13/h7-9,14-16H,4-6,10H2,1-3H3. The van der Waals surface area contributed by atoms with Crippen LogP contribution in [0.1, 0.15) is 29.7 Å². The van der Waals surface area contributed by atoms with Crippen LogP contribution in [0.25, 0.3) is 0 Å². The lowest BCUT2D eigenvalue weighted by Gasteiger charge is -2.31. The molecule has 0 spiro atoms. The number of nitrogens with one attached hydrogen (secondary N) is 1. The van der Waals surface area contributed by atoms with Crippen molar-refractivity contribution in [1.82, 2.24) is 5.32 Å². The summed E-state index contributed by atoms with van der Waals surface area (Å²) in [5.74, 6) is 2.22. The highest BCUT2D eigenvalue weighted by Crippen LogP contribution is 2.26. The van der Waals surface area contributed by atoms with Crippen molar-refractivity contribution >= 4 is 11.8 Å². The summed E-state index contributed by atoms with van der Waals surface area (Å²) in [5, 5.41) is 3.58. The highest BCUT2D eigenvalue weighted by molar-refractivity contribution is 7.99. The molecule has 1 fully saturated rings. The molecule has 2 nitrogen and oxygen atoms in total. The van der Waals surface area contributed by atoms with Crippen LogP contribution in [-0.4, -0.2) is 30.8 Å². The van der Waals surface area contributed by atoms with Gasteiger partial charge in [-0.15, -0.1) is 0 Å². The van der Waals surface area contributed by atoms with Gasteiger partial charge in [-0.25, -0.2) is 0 Å². The van der Waals surface area contributed by atoms with Crippen molar-refractivity contribution < 1.29 is 4.74 Å². The van der Waals surface area contributed by atoms with Crippen LogP contribution in [0.4, 0.5) is 0 Å². The molecule has 1 heterocycles. The van der Waals surface area contributed by atoms with Gasteiger partial charge in [0.2, 0.25) is 0 Å². The number of likely N-dealkylation sites (N-methyl/N-ethyl adjacent to an activating group) is 1. The van der Waals surface area contributed by atoms with Crippen molar-refractivity contribution in [3.63, 3.8) is 0 Å². The molecule has 0 amide bonds. The lowest BCUT2D eigenvalue weighted by molar-refractivity contribution is 0.0472. The number of hydrogen-bond donors (Lipinski definition) is 1. The molecule has 0 radical (unpaired) electrons. The maximum absolute atomic E-state index is 5.94. The van der Waals surface area contributed by atoms with E-state index in [9.17, 15) is 0 Å². The van der Waals surface area contributed by atoms with Crippen molar-refractivity contribution in [3.8, 4) is 0 Å². The van der Waals surface area contributed by atoms with E-state index >= 15 is 0 Å². The minimum atomic E-state index is 0.296. The molecule has 1 aromatic carbocycles.